The Labute approximate surface area is 84.3 Å². The number of rotatable bonds is 1. The summed E-state index contributed by atoms with van der Waals surface area (Å²) < 4.78 is 5.28. The molecule has 0 amide bonds. The standard InChI is InChI=1S/C12H16O2/c1-7(13)14-10-2-3-11-8(5-10)4-9-6-12(9)11/h4,8,10-12H,2-3,5-6H2,1H3. The van der Waals surface area contributed by atoms with Crippen LogP contribution >= 0.6 is 0 Å². The Hall–Kier alpha value is -0.790. The SMILES string of the molecule is CC(=O)OC1CCC2C(C=C3CC32)C1. The summed E-state index contributed by atoms with van der Waals surface area (Å²) in [6.45, 7) is 1.51. The molecule has 0 aromatic heterocycles. The van der Waals surface area contributed by atoms with Crippen LogP contribution in [0.4, 0.5) is 0 Å². The average Bonchev–Trinajstić information content (AvgIpc) is 2.77. The van der Waals surface area contributed by atoms with Crippen molar-refractivity contribution in [3.8, 4) is 0 Å². The molecule has 14 heavy (non-hydrogen) atoms. The molecule has 4 atom stereocenters. The van der Waals surface area contributed by atoms with Gasteiger partial charge in [-0.1, -0.05) is 11.6 Å². The second kappa shape index (κ2) is 2.85. The van der Waals surface area contributed by atoms with Crippen molar-refractivity contribution in [2.75, 3.05) is 0 Å². The van der Waals surface area contributed by atoms with E-state index in [9.17, 15) is 4.79 Å². The van der Waals surface area contributed by atoms with Crippen molar-refractivity contribution in [1.29, 1.82) is 0 Å². The van der Waals surface area contributed by atoms with Crippen LogP contribution in [0.5, 0.6) is 0 Å². The van der Waals surface area contributed by atoms with Gasteiger partial charge in [0.25, 0.3) is 0 Å². The van der Waals surface area contributed by atoms with Crippen molar-refractivity contribution in [2.45, 2.75) is 38.7 Å². The van der Waals surface area contributed by atoms with Crippen LogP contribution < -0.4 is 0 Å². The minimum Gasteiger partial charge on any atom is -0.463 e. The predicted octanol–water partition coefficient (Wildman–Crippen LogP) is 2.29. The van der Waals surface area contributed by atoms with Gasteiger partial charge >= 0.3 is 5.97 Å². The summed E-state index contributed by atoms with van der Waals surface area (Å²) in [5.74, 6) is 2.43. The van der Waals surface area contributed by atoms with Crippen LogP contribution in [0.15, 0.2) is 11.6 Å². The highest BCUT2D eigenvalue weighted by molar-refractivity contribution is 5.66. The lowest BCUT2D eigenvalue weighted by molar-refractivity contribution is -0.148. The van der Waals surface area contributed by atoms with Gasteiger partial charge in [0.2, 0.25) is 0 Å². The van der Waals surface area contributed by atoms with Crippen molar-refractivity contribution in [3.63, 3.8) is 0 Å². The number of fused-ring (bicyclic) bond motifs is 3. The van der Waals surface area contributed by atoms with Gasteiger partial charge in [-0.2, -0.15) is 0 Å². The minimum absolute atomic E-state index is 0.121. The summed E-state index contributed by atoms with van der Waals surface area (Å²) in [5.41, 5.74) is 1.68. The molecule has 0 radical (unpaired) electrons. The highest BCUT2D eigenvalue weighted by atomic mass is 16.5. The Bertz CT molecular complexity index is 305. The van der Waals surface area contributed by atoms with Crippen molar-refractivity contribution in [1.82, 2.24) is 0 Å². The molecule has 2 nitrogen and oxygen atoms in total. The first-order valence-electron chi connectivity index (χ1n) is 5.62. The van der Waals surface area contributed by atoms with Crippen LogP contribution in [0.3, 0.4) is 0 Å². The maximum Gasteiger partial charge on any atom is 0.302 e. The molecule has 3 rings (SSSR count). The minimum atomic E-state index is -0.121. The van der Waals surface area contributed by atoms with E-state index in [4.69, 9.17) is 4.74 Å². The van der Waals surface area contributed by atoms with Crippen LogP contribution in [-0.2, 0) is 9.53 Å². The number of carbonyl (C=O) groups excluding carboxylic acids is 1. The Kier molecular flexibility index (Phi) is 1.73. The van der Waals surface area contributed by atoms with Crippen molar-refractivity contribution in [2.24, 2.45) is 17.8 Å². The second-order valence-corrected chi connectivity index (χ2v) is 4.92. The zero-order valence-electron chi connectivity index (χ0n) is 8.53. The van der Waals surface area contributed by atoms with Gasteiger partial charge < -0.3 is 4.74 Å². The molecule has 0 heterocycles. The summed E-state index contributed by atoms with van der Waals surface area (Å²) in [4.78, 5) is 10.8. The van der Waals surface area contributed by atoms with Gasteiger partial charge in [0.15, 0.2) is 0 Å². The number of allylic oxidation sites excluding steroid dienone is 2. The molecular formula is C12H16O2. The largest absolute Gasteiger partial charge is 0.463 e. The first kappa shape index (κ1) is 8.51. The molecule has 0 saturated heterocycles. The Balaban J connectivity index is 1.65. The highest BCUT2D eigenvalue weighted by Gasteiger charge is 2.48. The predicted molar refractivity (Wildman–Crippen MR) is 52.6 cm³/mol. The third-order valence-corrected chi connectivity index (χ3v) is 3.96. The lowest BCUT2D eigenvalue weighted by atomic mass is 9.78. The van der Waals surface area contributed by atoms with E-state index in [0.29, 0.717) is 0 Å². The van der Waals surface area contributed by atoms with E-state index in [1.807, 2.05) is 0 Å². The van der Waals surface area contributed by atoms with E-state index in [0.717, 1.165) is 30.6 Å². The van der Waals surface area contributed by atoms with Gasteiger partial charge in [0, 0.05) is 6.92 Å². The first-order valence-corrected chi connectivity index (χ1v) is 5.62. The fourth-order valence-corrected chi connectivity index (χ4v) is 3.31. The summed E-state index contributed by atoms with van der Waals surface area (Å²) in [7, 11) is 0. The number of ether oxygens (including phenoxy) is 1. The maximum absolute atomic E-state index is 10.8. The molecule has 0 aromatic rings. The monoisotopic (exact) mass is 192 g/mol. The molecule has 0 bridgehead atoms. The van der Waals surface area contributed by atoms with Crippen LogP contribution in [0.2, 0.25) is 0 Å². The average molecular weight is 192 g/mol. The molecule has 2 saturated carbocycles. The second-order valence-electron chi connectivity index (χ2n) is 4.92. The first-order chi connectivity index (χ1) is 6.74. The molecule has 0 aliphatic heterocycles. The Morgan fingerprint density at radius 3 is 3.14 bits per heavy atom. The molecule has 3 aliphatic carbocycles. The number of carbonyl (C=O) groups is 1. The van der Waals surface area contributed by atoms with Crippen LogP contribution in [0.1, 0.15) is 32.6 Å². The molecule has 2 heteroatoms. The number of esters is 1. The smallest absolute Gasteiger partial charge is 0.302 e. The summed E-state index contributed by atoms with van der Waals surface area (Å²) in [5, 5.41) is 0. The molecule has 0 aromatic carbocycles. The summed E-state index contributed by atoms with van der Waals surface area (Å²) in [6.07, 6.45) is 7.42. The molecule has 4 unspecified atom stereocenters. The van der Waals surface area contributed by atoms with E-state index < -0.39 is 0 Å². The molecule has 3 aliphatic rings. The third kappa shape index (κ3) is 1.28. The van der Waals surface area contributed by atoms with E-state index >= 15 is 0 Å². The number of hydrogen-bond acceptors (Lipinski definition) is 2. The summed E-state index contributed by atoms with van der Waals surface area (Å²) in [6, 6.07) is 0. The van der Waals surface area contributed by atoms with Gasteiger partial charge in [0.05, 0.1) is 0 Å². The fraction of sp³-hybridized carbons (Fsp3) is 0.750. The van der Waals surface area contributed by atoms with Crippen LogP contribution in [0.25, 0.3) is 0 Å². The van der Waals surface area contributed by atoms with Gasteiger partial charge in [-0.3, -0.25) is 4.79 Å². The third-order valence-electron chi connectivity index (χ3n) is 3.96. The molecule has 2 fully saturated rings. The van der Waals surface area contributed by atoms with Gasteiger partial charge in [-0.25, -0.2) is 0 Å². The van der Waals surface area contributed by atoms with Crippen molar-refractivity contribution < 1.29 is 9.53 Å². The van der Waals surface area contributed by atoms with E-state index in [1.165, 1.54) is 19.8 Å². The van der Waals surface area contributed by atoms with Crippen molar-refractivity contribution >= 4 is 5.97 Å². The van der Waals surface area contributed by atoms with Crippen LogP contribution in [0, 0.1) is 17.8 Å². The maximum atomic E-state index is 10.8. The Morgan fingerprint density at radius 2 is 2.36 bits per heavy atom. The molecular weight excluding hydrogens is 176 g/mol. The summed E-state index contributed by atoms with van der Waals surface area (Å²) >= 11 is 0. The number of hydrogen-bond donors (Lipinski definition) is 0. The Morgan fingerprint density at radius 1 is 1.50 bits per heavy atom. The van der Waals surface area contributed by atoms with Gasteiger partial charge in [0.1, 0.15) is 6.10 Å². The van der Waals surface area contributed by atoms with Crippen LogP contribution in [-0.4, -0.2) is 12.1 Å². The van der Waals surface area contributed by atoms with Crippen molar-refractivity contribution in [3.05, 3.63) is 11.6 Å². The topological polar surface area (TPSA) is 26.3 Å². The fourth-order valence-electron chi connectivity index (χ4n) is 3.31. The van der Waals surface area contributed by atoms with Gasteiger partial charge in [-0.15, -0.1) is 0 Å². The highest BCUT2D eigenvalue weighted by Crippen LogP contribution is 2.57. The zero-order chi connectivity index (χ0) is 9.71. The molecule has 76 valence electrons. The lowest BCUT2D eigenvalue weighted by Crippen LogP contribution is -2.29. The quantitative estimate of drug-likeness (QED) is 0.470. The van der Waals surface area contributed by atoms with E-state index in [-0.39, 0.29) is 12.1 Å². The molecule has 0 spiro atoms. The van der Waals surface area contributed by atoms with E-state index in [1.54, 1.807) is 5.57 Å². The molecule has 0 N–H and O–H groups in total. The lowest BCUT2D eigenvalue weighted by Gasteiger charge is -2.32. The van der Waals surface area contributed by atoms with Gasteiger partial charge in [-0.05, 0) is 43.4 Å². The zero-order valence-corrected chi connectivity index (χ0v) is 8.53. The van der Waals surface area contributed by atoms with E-state index in [2.05, 4.69) is 6.08 Å². The normalized spacial score (nSPS) is 43.6.